The Labute approximate surface area is 163 Å². The van der Waals surface area contributed by atoms with Crippen molar-refractivity contribution in [3.05, 3.63) is 66.5 Å². The molecule has 8 nitrogen and oxygen atoms in total. The molecule has 0 amide bonds. The van der Waals surface area contributed by atoms with E-state index in [9.17, 15) is 8.42 Å². The van der Waals surface area contributed by atoms with Crippen LogP contribution in [0.25, 0.3) is 0 Å². The number of nitrogens with two attached hydrogens (primary N) is 1. The maximum atomic E-state index is 11.5. The van der Waals surface area contributed by atoms with E-state index in [2.05, 4.69) is 20.6 Å². The Balaban J connectivity index is 1.68. The van der Waals surface area contributed by atoms with E-state index >= 15 is 0 Å². The third-order valence-electron chi connectivity index (χ3n) is 3.79. The van der Waals surface area contributed by atoms with Gasteiger partial charge in [0.2, 0.25) is 10.0 Å². The summed E-state index contributed by atoms with van der Waals surface area (Å²) in [5, 5.41) is 11.5. The second-order valence-corrected chi connectivity index (χ2v) is 7.48. The van der Waals surface area contributed by atoms with Gasteiger partial charge in [-0.2, -0.15) is 0 Å². The summed E-state index contributed by atoms with van der Waals surface area (Å²) in [5.41, 5.74) is 1.61. The van der Waals surface area contributed by atoms with E-state index in [1.165, 1.54) is 18.5 Å². The average Bonchev–Trinajstić information content (AvgIpc) is 2.67. The number of hydrogen-bond acceptors (Lipinski definition) is 7. The van der Waals surface area contributed by atoms with Crippen LogP contribution in [0.5, 0.6) is 5.75 Å². The van der Waals surface area contributed by atoms with Crippen molar-refractivity contribution in [3.8, 4) is 5.75 Å². The number of primary sulfonamides is 1. The molecule has 0 spiro atoms. The Kier molecular flexibility index (Phi) is 6.07. The number of ether oxygens (including phenoxy) is 1. The number of hydrogen-bond donors (Lipinski definition) is 3. The van der Waals surface area contributed by atoms with Gasteiger partial charge in [-0.3, -0.25) is 0 Å². The van der Waals surface area contributed by atoms with E-state index < -0.39 is 10.0 Å². The summed E-state index contributed by atoms with van der Waals surface area (Å²) in [6.07, 6.45) is 1.44. The molecule has 146 valence electrons. The molecule has 0 aliphatic heterocycles. The largest absolute Gasteiger partial charge is 0.494 e. The highest BCUT2D eigenvalue weighted by Gasteiger charge is 2.08. The maximum absolute atomic E-state index is 11.5. The Hall–Kier alpha value is -3.17. The highest BCUT2D eigenvalue weighted by molar-refractivity contribution is 7.89. The standard InChI is InChI=1S/C19H21N5O3S/c1-2-27-16-7-4-6-15(10-16)24-19-11-18(22-13-23-19)21-12-14-5-3-8-17(9-14)28(20,25)26/h3-11,13H,2,12H2,1H3,(H2,20,25,26)(H2,21,22,23,24). The monoisotopic (exact) mass is 399 g/mol. The zero-order valence-corrected chi connectivity index (χ0v) is 16.1. The minimum Gasteiger partial charge on any atom is -0.494 e. The summed E-state index contributed by atoms with van der Waals surface area (Å²) >= 11 is 0. The smallest absolute Gasteiger partial charge is 0.238 e. The van der Waals surface area contributed by atoms with Crippen LogP contribution in [-0.4, -0.2) is 25.0 Å². The molecule has 9 heteroatoms. The number of nitrogens with zero attached hydrogens (tertiary/aromatic N) is 2. The second kappa shape index (κ2) is 8.68. The van der Waals surface area contributed by atoms with Crippen LogP contribution in [0.4, 0.5) is 17.3 Å². The van der Waals surface area contributed by atoms with Crippen LogP contribution in [-0.2, 0) is 16.6 Å². The lowest BCUT2D eigenvalue weighted by atomic mass is 10.2. The minimum atomic E-state index is -3.73. The fourth-order valence-electron chi connectivity index (χ4n) is 2.53. The van der Waals surface area contributed by atoms with Gasteiger partial charge in [-0.05, 0) is 36.8 Å². The van der Waals surface area contributed by atoms with Crippen molar-refractivity contribution in [2.45, 2.75) is 18.4 Å². The molecule has 0 saturated carbocycles. The molecule has 28 heavy (non-hydrogen) atoms. The van der Waals surface area contributed by atoms with Crippen molar-refractivity contribution in [2.75, 3.05) is 17.2 Å². The second-order valence-electron chi connectivity index (χ2n) is 5.92. The van der Waals surface area contributed by atoms with E-state index in [1.54, 1.807) is 18.2 Å². The molecular formula is C19H21N5O3S. The number of nitrogens with one attached hydrogen (secondary N) is 2. The van der Waals surface area contributed by atoms with Gasteiger partial charge >= 0.3 is 0 Å². The first-order valence-corrected chi connectivity index (χ1v) is 10.2. The molecule has 0 radical (unpaired) electrons. The van der Waals surface area contributed by atoms with Crippen molar-refractivity contribution in [2.24, 2.45) is 5.14 Å². The quantitative estimate of drug-likeness (QED) is 0.533. The van der Waals surface area contributed by atoms with Crippen molar-refractivity contribution >= 4 is 27.3 Å². The lowest BCUT2D eigenvalue weighted by Gasteiger charge is -2.10. The highest BCUT2D eigenvalue weighted by atomic mass is 32.2. The van der Waals surface area contributed by atoms with Gasteiger partial charge in [0.1, 0.15) is 23.7 Å². The molecule has 3 aromatic rings. The van der Waals surface area contributed by atoms with Gasteiger partial charge in [0.25, 0.3) is 0 Å². The first-order chi connectivity index (χ1) is 13.4. The summed E-state index contributed by atoms with van der Waals surface area (Å²) in [4.78, 5) is 8.47. The maximum Gasteiger partial charge on any atom is 0.238 e. The topological polar surface area (TPSA) is 119 Å². The SMILES string of the molecule is CCOc1cccc(Nc2cc(NCc3cccc(S(N)(=O)=O)c3)ncn2)c1. The summed E-state index contributed by atoms with van der Waals surface area (Å²) in [6.45, 7) is 2.92. The van der Waals surface area contributed by atoms with Gasteiger partial charge in [0.05, 0.1) is 11.5 Å². The number of anilines is 3. The van der Waals surface area contributed by atoms with Crippen LogP contribution >= 0.6 is 0 Å². The minimum absolute atomic E-state index is 0.0750. The Morgan fingerprint density at radius 3 is 2.61 bits per heavy atom. The molecule has 1 heterocycles. The predicted molar refractivity (Wildman–Crippen MR) is 108 cm³/mol. The lowest BCUT2D eigenvalue weighted by Crippen LogP contribution is -2.12. The first-order valence-electron chi connectivity index (χ1n) is 8.61. The summed E-state index contributed by atoms with van der Waals surface area (Å²) in [5.74, 6) is 1.98. The van der Waals surface area contributed by atoms with Crippen molar-refractivity contribution in [1.29, 1.82) is 0 Å². The van der Waals surface area contributed by atoms with Crippen LogP contribution in [0, 0.1) is 0 Å². The van der Waals surface area contributed by atoms with Crippen molar-refractivity contribution < 1.29 is 13.2 Å². The van der Waals surface area contributed by atoms with E-state index in [-0.39, 0.29) is 4.90 Å². The van der Waals surface area contributed by atoms with Crippen molar-refractivity contribution in [3.63, 3.8) is 0 Å². The number of sulfonamides is 1. The number of benzene rings is 2. The molecule has 2 aromatic carbocycles. The number of aromatic nitrogens is 2. The molecule has 0 aliphatic rings. The molecule has 1 aromatic heterocycles. The van der Waals surface area contributed by atoms with E-state index in [0.29, 0.717) is 24.8 Å². The van der Waals surface area contributed by atoms with Gasteiger partial charge in [0.15, 0.2) is 0 Å². The van der Waals surface area contributed by atoms with E-state index in [4.69, 9.17) is 9.88 Å². The van der Waals surface area contributed by atoms with Gasteiger partial charge < -0.3 is 15.4 Å². The molecule has 0 bridgehead atoms. The molecule has 0 saturated heterocycles. The van der Waals surface area contributed by atoms with Crippen LogP contribution < -0.4 is 20.5 Å². The summed E-state index contributed by atoms with van der Waals surface area (Å²) < 4.78 is 28.4. The third-order valence-corrected chi connectivity index (χ3v) is 4.70. The summed E-state index contributed by atoms with van der Waals surface area (Å²) in [6, 6.07) is 15.8. The third kappa shape index (κ3) is 5.41. The van der Waals surface area contributed by atoms with Crippen LogP contribution in [0.15, 0.2) is 65.8 Å². The van der Waals surface area contributed by atoms with Crippen LogP contribution in [0.2, 0.25) is 0 Å². The zero-order chi connectivity index (χ0) is 20.0. The molecule has 0 aliphatic carbocycles. The van der Waals surface area contributed by atoms with E-state index in [1.807, 2.05) is 31.2 Å². The number of rotatable bonds is 8. The fourth-order valence-corrected chi connectivity index (χ4v) is 3.11. The summed E-state index contributed by atoms with van der Waals surface area (Å²) in [7, 11) is -3.73. The lowest BCUT2D eigenvalue weighted by molar-refractivity contribution is 0.340. The van der Waals surface area contributed by atoms with E-state index in [0.717, 1.165) is 17.0 Å². The zero-order valence-electron chi connectivity index (χ0n) is 15.3. The van der Waals surface area contributed by atoms with Gasteiger partial charge in [-0.1, -0.05) is 18.2 Å². The molecule has 0 atom stereocenters. The molecular weight excluding hydrogens is 378 g/mol. The molecule has 3 rings (SSSR count). The fraction of sp³-hybridized carbons (Fsp3) is 0.158. The Bertz CT molecular complexity index is 1060. The van der Waals surface area contributed by atoms with Gasteiger partial charge in [0, 0.05) is 24.4 Å². The molecule has 0 unspecified atom stereocenters. The van der Waals surface area contributed by atoms with Crippen molar-refractivity contribution in [1.82, 2.24) is 9.97 Å². The first kappa shape index (κ1) is 19.6. The molecule has 0 fully saturated rings. The van der Waals surface area contributed by atoms with Gasteiger partial charge in [-0.15, -0.1) is 0 Å². The average molecular weight is 399 g/mol. The Morgan fingerprint density at radius 1 is 1.04 bits per heavy atom. The highest BCUT2D eigenvalue weighted by Crippen LogP contribution is 2.21. The van der Waals surface area contributed by atoms with Crippen LogP contribution in [0.1, 0.15) is 12.5 Å². The molecule has 4 N–H and O–H groups in total. The Morgan fingerprint density at radius 2 is 1.82 bits per heavy atom. The van der Waals surface area contributed by atoms with Gasteiger partial charge in [-0.25, -0.2) is 23.5 Å². The van der Waals surface area contributed by atoms with Crippen LogP contribution in [0.3, 0.4) is 0 Å². The predicted octanol–water partition coefficient (Wildman–Crippen LogP) is 2.88. The normalized spacial score (nSPS) is 11.1.